The van der Waals surface area contributed by atoms with Crippen molar-refractivity contribution in [3.05, 3.63) is 29.3 Å². The Morgan fingerprint density at radius 2 is 1.58 bits per heavy atom. The zero-order valence-electron chi connectivity index (χ0n) is 21.8. The number of fused-ring (bicyclic) bond motifs is 5. The van der Waals surface area contributed by atoms with E-state index in [-0.39, 0.29) is 49.0 Å². The Labute approximate surface area is 251 Å². The summed E-state index contributed by atoms with van der Waals surface area (Å²) in [5.41, 5.74) is 12.0. The van der Waals surface area contributed by atoms with Crippen LogP contribution in [-0.4, -0.2) is 76.7 Å². The minimum absolute atomic E-state index is 0.00279. The van der Waals surface area contributed by atoms with Gasteiger partial charge in [-0.05, 0) is 0 Å². The lowest BCUT2D eigenvalue weighted by atomic mass is 10.2. The van der Waals surface area contributed by atoms with Gasteiger partial charge in [-0.2, -0.15) is 4.98 Å². The van der Waals surface area contributed by atoms with E-state index in [0.29, 0.717) is 11.2 Å². The molecule has 0 aliphatic carbocycles. The van der Waals surface area contributed by atoms with E-state index in [4.69, 9.17) is 39.0 Å². The first-order chi connectivity index (χ1) is 20.5. The standard InChI is InChI=1S/C20H24N10O9P2S2/c21-15-13-16(24-5-23-15)29(6-25-13)12-2-9-11(37-12)4-35-41(33,43)39-10-1-8(3-34-40(32,42)38-9)36-19(10)30-7-26-14-17(30)27-20(22)28-18(14)31/h5-12,19H,1-4H2,(H,32,42)(H,33,43)(H2,21,23,24)(H3,22,27,28,31)/t8-,9-,10+,11?,12+,19+,40?,41?/m0/s1. The third-order valence-electron chi connectivity index (χ3n) is 7.11. The van der Waals surface area contributed by atoms with Crippen molar-refractivity contribution in [1.29, 1.82) is 0 Å². The van der Waals surface area contributed by atoms with Crippen molar-refractivity contribution >= 4 is 72.2 Å². The van der Waals surface area contributed by atoms with Gasteiger partial charge in [0, 0.05) is 12.8 Å². The van der Waals surface area contributed by atoms with Crippen LogP contribution < -0.4 is 17.0 Å². The third kappa shape index (κ3) is 5.58. The molecule has 3 unspecified atom stereocenters. The van der Waals surface area contributed by atoms with Crippen molar-refractivity contribution in [3.63, 3.8) is 0 Å². The van der Waals surface area contributed by atoms with Crippen LogP contribution in [-0.2, 0) is 36.7 Å². The Kier molecular flexibility index (Phi) is 7.32. The molecule has 0 amide bonds. The van der Waals surface area contributed by atoms with Crippen LogP contribution in [0, 0.1) is 0 Å². The van der Waals surface area contributed by atoms with Crippen LogP contribution in [0.4, 0.5) is 11.8 Å². The first-order valence-electron chi connectivity index (χ1n) is 12.7. The molecule has 43 heavy (non-hydrogen) atoms. The van der Waals surface area contributed by atoms with Gasteiger partial charge in [-0.15, -0.1) is 0 Å². The number of H-pyrrole nitrogens is 1. The third-order valence-corrected chi connectivity index (χ3v) is 10.4. The molecule has 230 valence electrons. The number of hydrogen-bond donors (Lipinski definition) is 5. The summed E-state index contributed by atoms with van der Waals surface area (Å²) in [6.07, 6.45) is -0.847. The monoisotopic (exact) mass is 674 g/mol. The average molecular weight is 675 g/mol. The van der Waals surface area contributed by atoms with Gasteiger partial charge in [-0.1, -0.05) is 24.5 Å². The number of ether oxygens (including phenoxy) is 2. The SMILES string of the molecule is Nc1nc2c(ncn2[C@@H]2O[C@@H]3COP(=O)(S)O[C@H]4C[C@H](n5cnc6c(N)ncnc65)OC4COP(=O)(S)O[C@@H]2C3)c(=O)[nH]1. The zero-order valence-corrected chi connectivity index (χ0v) is 25.4. The summed E-state index contributed by atoms with van der Waals surface area (Å²) < 4.78 is 65.0. The molecule has 4 aromatic rings. The van der Waals surface area contributed by atoms with Gasteiger partial charge < -0.3 is 20.9 Å². The molecular weight excluding hydrogens is 650 g/mol. The fraction of sp³-hybridized carbons (Fsp3) is 0.500. The summed E-state index contributed by atoms with van der Waals surface area (Å²) in [6, 6.07) is 0. The molecule has 3 fully saturated rings. The number of aromatic amines is 1. The van der Waals surface area contributed by atoms with E-state index in [1.54, 1.807) is 4.57 Å². The van der Waals surface area contributed by atoms with Crippen LogP contribution in [0.15, 0.2) is 23.8 Å². The van der Waals surface area contributed by atoms with Gasteiger partial charge in [-0.3, -0.25) is 37.0 Å². The second-order valence-electron chi connectivity index (χ2n) is 9.92. The van der Waals surface area contributed by atoms with Gasteiger partial charge in [0.15, 0.2) is 28.9 Å². The van der Waals surface area contributed by atoms with Crippen LogP contribution in [0.1, 0.15) is 25.3 Å². The number of rotatable bonds is 2. The minimum Gasteiger partial charge on any atom is -0.382 e. The highest BCUT2D eigenvalue weighted by atomic mass is 32.7. The van der Waals surface area contributed by atoms with E-state index in [1.165, 1.54) is 23.5 Å². The van der Waals surface area contributed by atoms with Gasteiger partial charge in [0.25, 0.3) is 5.56 Å². The first-order valence-corrected chi connectivity index (χ1v) is 18.1. The second-order valence-corrected chi connectivity index (χ2v) is 15.7. The fourth-order valence-corrected chi connectivity index (χ4v) is 8.29. The maximum Gasteiger partial charge on any atom is 0.386 e. The Morgan fingerprint density at radius 3 is 2.40 bits per heavy atom. The highest BCUT2D eigenvalue weighted by Gasteiger charge is 2.47. The molecule has 19 nitrogen and oxygen atoms in total. The van der Waals surface area contributed by atoms with Crippen LogP contribution in [0.5, 0.6) is 0 Å². The van der Waals surface area contributed by atoms with E-state index < -0.39 is 56.0 Å². The molecule has 3 saturated heterocycles. The van der Waals surface area contributed by atoms with Gasteiger partial charge in [0.1, 0.15) is 36.4 Å². The second kappa shape index (κ2) is 10.8. The number of hydrogen-bond acceptors (Lipinski definition) is 16. The number of nitrogens with one attached hydrogen (secondary N) is 1. The topological polar surface area (TPSA) is 249 Å². The molecule has 23 heteroatoms. The number of nitrogen functional groups attached to an aromatic ring is 2. The summed E-state index contributed by atoms with van der Waals surface area (Å²) >= 11 is 8.35. The van der Waals surface area contributed by atoms with Crippen molar-refractivity contribution < 1.29 is 36.7 Å². The Morgan fingerprint density at radius 1 is 0.860 bits per heavy atom. The molecule has 4 aromatic heterocycles. The number of aromatic nitrogens is 8. The van der Waals surface area contributed by atoms with Gasteiger partial charge in [0.05, 0.1) is 32.0 Å². The molecule has 3 aliphatic heterocycles. The lowest BCUT2D eigenvalue weighted by Crippen LogP contribution is -2.28. The van der Waals surface area contributed by atoms with Crippen molar-refractivity contribution in [3.8, 4) is 0 Å². The molecule has 5 N–H and O–H groups in total. The predicted octanol–water partition coefficient (Wildman–Crippen LogP) is 1.59. The van der Waals surface area contributed by atoms with Crippen LogP contribution in [0.25, 0.3) is 22.3 Å². The number of anilines is 2. The highest BCUT2D eigenvalue weighted by molar-refractivity contribution is 8.44. The molecule has 7 rings (SSSR count). The molecule has 0 spiro atoms. The van der Waals surface area contributed by atoms with Crippen LogP contribution >= 0.6 is 38.1 Å². The highest BCUT2D eigenvalue weighted by Crippen LogP contribution is 2.60. The van der Waals surface area contributed by atoms with Gasteiger partial charge >= 0.3 is 13.6 Å². The zero-order chi connectivity index (χ0) is 30.1. The van der Waals surface area contributed by atoms with E-state index >= 15 is 0 Å². The number of thiol groups is 2. The van der Waals surface area contributed by atoms with Gasteiger partial charge in [-0.25, -0.2) is 29.1 Å². The maximum atomic E-state index is 13.5. The van der Waals surface area contributed by atoms with Crippen LogP contribution in [0.2, 0.25) is 0 Å². The van der Waals surface area contributed by atoms with Crippen molar-refractivity contribution in [2.75, 3.05) is 24.7 Å². The summed E-state index contributed by atoms with van der Waals surface area (Å²) in [7, 11) is 0. The Balaban J connectivity index is 1.17. The van der Waals surface area contributed by atoms with Gasteiger partial charge in [0.2, 0.25) is 5.95 Å². The molecule has 8 atom stereocenters. The largest absolute Gasteiger partial charge is 0.386 e. The number of nitrogens with two attached hydrogens (primary N) is 2. The van der Waals surface area contributed by atoms with Crippen molar-refractivity contribution in [2.24, 2.45) is 0 Å². The molecule has 0 saturated carbocycles. The lowest BCUT2D eigenvalue weighted by molar-refractivity contribution is -0.0556. The molecule has 0 radical (unpaired) electrons. The van der Waals surface area contributed by atoms with E-state index in [2.05, 4.69) is 54.4 Å². The lowest BCUT2D eigenvalue weighted by Gasteiger charge is -2.26. The fourth-order valence-electron chi connectivity index (χ4n) is 5.25. The minimum atomic E-state index is -4.08. The molecule has 3 aliphatic rings. The number of imidazole rings is 2. The Hall–Kier alpha value is -2.58. The summed E-state index contributed by atoms with van der Waals surface area (Å²) in [6.45, 7) is -8.63. The molecule has 2 bridgehead atoms. The van der Waals surface area contributed by atoms with E-state index in [9.17, 15) is 13.9 Å². The van der Waals surface area contributed by atoms with Crippen molar-refractivity contribution in [1.82, 2.24) is 39.0 Å². The van der Waals surface area contributed by atoms with Crippen molar-refractivity contribution in [2.45, 2.75) is 49.7 Å². The Bertz CT molecular complexity index is 1870. The normalized spacial score (nSPS) is 35.4. The molecule has 0 aromatic carbocycles. The molecular formula is C20H24N10O9P2S2. The number of nitrogens with zero attached hydrogens (tertiary/aromatic N) is 7. The predicted molar refractivity (Wildman–Crippen MR) is 154 cm³/mol. The summed E-state index contributed by atoms with van der Waals surface area (Å²) in [5.74, 6) is 0.0485. The smallest absolute Gasteiger partial charge is 0.382 e. The quantitative estimate of drug-likeness (QED) is 0.150. The maximum absolute atomic E-state index is 13.5. The summed E-state index contributed by atoms with van der Waals surface area (Å²) in [4.78, 5) is 35.3. The summed E-state index contributed by atoms with van der Waals surface area (Å²) in [5, 5.41) is 0. The first kappa shape index (κ1) is 29.1. The van der Waals surface area contributed by atoms with E-state index in [1.807, 2.05) is 0 Å². The molecule has 7 heterocycles. The van der Waals surface area contributed by atoms with E-state index in [0.717, 1.165) is 0 Å². The van der Waals surface area contributed by atoms with Crippen LogP contribution in [0.3, 0.4) is 0 Å². The average Bonchev–Trinajstić information content (AvgIpc) is 3.71.